The highest BCUT2D eigenvalue weighted by Gasteiger charge is 2.18. The van der Waals surface area contributed by atoms with E-state index in [-0.39, 0.29) is 18.3 Å². The standard InChI is InChI=1S/C11H17N3O.ClH/c1-9-10(3-5-13-9)11(15)14-7-2-4-12-6-8-14;/h3,5,12-13H,2,4,6-8H2,1H3;1H. The maximum atomic E-state index is 12.1. The molecule has 90 valence electrons. The number of nitrogens with zero attached hydrogens (tertiary/aromatic N) is 1. The van der Waals surface area contributed by atoms with Crippen molar-refractivity contribution in [2.45, 2.75) is 13.3 Å². The van der Waals surface area contributed by atoms with Gasteiger partial charge in [0.15, 0.2) is 0 Å². The highest BCUT2D eigenvalue weighted by molar-refractivity contribution is 5.95. The zero-order valence-electron chi connectivity index (χ0n) is 9.45. The van der Waals surface area contributed by atoms with E-state index < -0.39 is 0 Å². The highest BCUT2D eigenvalue weighted by Crippen LogP contribution is 2.10. The van der Waals surface area contributed by atoms with Crippen molar-refractivity contribution in [1.29, 1.82) is 0 Å². The molecule has 0 aromatic carbocycles. The number of hydrogen-bond donors (Lipinski definition) is 2. The lowest BCUT2D eigenvalue weighted by Gasteiger charge is -2.19. The van der Waals surface area contributed by atoms with E-state index in [1.165, 1.54) is 0 Å². The van der Waals surface area contributed by atoms with Crippen LogP contribution in [-0.2, 0) is 0 Å². The Morgan fingerprint density at radius 1 is 1.38 bits per heavy atom. The quantitative estimate of drug-likeness (QED) is 0.778. The first-order valence-corrected chi connectivity index (χ1v) is 5.43. The normalized spacial score (nSPS) is 16.4. The highest BCUT2D eigenvalue weighted by atomic mass is 35.5. The predicted octanol–water partition coefficient (Wildman–Crippen LogP) is 1.18. The van der Waals surface area contributed by atoms with Crippen LogP contribution in [0.5, 0.6) is 0 Å². The minimum absolute atomic E-state index is 0. The number of H-pyrrole nitrogens is 1. The molecule has 0 spiro atoms. The van der Waals surface area contributed by atoms with Gasteiger partial charge in [-0.1, -0.05) is 0 Å². The Morgan fingerprint density at radius 3 is 2.88 bits per heavy atom. The molecule has 2 rings (SSSR count). The summed E-state index contributed by atoms with van der Waals surface area (Å²) in [4.78, 5) is 17.1. The number of nitrogens with one attached hydrogen (secondary N) is 2. The van der Waals surface area contributed by atoms with Gasteiger partial charge in [-0.3, -0.25) is 4.79 Å². The van der Waals surface area contributed by atoms with Gasteiger partial charge >= 0.3 is 0 Å². The number of halogens is 1. The number of aryl methyl sites for hydroxylation is 1. The van der Waals surface area contributed by atoms with Crippen molar-refractivity contribution in [3.8, 4) is 0 Å². The Kier molecular flexibility index (Phi) is 4.83. The van der Waals surface area contributed by atoms with Gasteiger partial charge in [0.1, 0.15) is 0 Å². The molecule has 2 heterocycles. The zero-order chi connectivity index (χ0) is 10.7. The molecule has 0 unspecified atom stereocenters. The lowest BCUT2D eigenvalue weighted by Crippen LogP contribution is -2.34. The summed E-state index contributed by atoms with van der Waals surface area (Å²) in [7, 11) is 0. The second-order valence-corrected chi connectivity index (χ2v) is 3.91. The molecule has 0 aliphatic carbocycles. The van der Waals surface area contributed by atoms with E-state index in [2.05, 4.69) is 10.3 Å². The van der Waals surface area contributed by atoms with E-state index in [4.69, 9.17) is 0 Å². The van der Waals surface area contributed by atoms with E-state index in [9.17, 15) is 4.79 Å². The topological polar surface area (TPSA) is 48.1 Å². The fourth-order valence-electron chi connectivity index (χ4n) is 1.90. The summed E-state index contributed by atoms with van der Waals surface area (Å²) in [6.07, 6.45) is 2.86. The van der Waals surface area contributed by atoms with Gasteiger partial charge in [0.05, 0.1) is 5.56 Å². The smallest absolute Gasteiger partial charge is 0.255 e. The fraction of sp³-hybridized carbons (Fsp3) is 0.545. The summed E-state index contributed by atoms with van der Waals surface area (Å²) in [6, 6.07) is 1.86. The molecule has 4 nitrogen and oxygen atoms in total. The van der Waals surface area contributed by atoms with E-state index in [0.717, 1.165) is 43.9 Å². The number of aromatic nitrogens is 1. The average Bonchev–Trinajstić information content (AvgIpc) is 2.53. The van der Waals surface area contributed by atoms with Crippen LogP contribution in [-0.4, -0.2) is 42.0 Å². The molecular formula is C11H18ClN3O. The number of aromatic amines is 1. The average molecular weight is 244 g/mol. The van der Waals surface area contributed by atoms with Gasteiger partial charge in [-0.2, -0.15) is 0 Å². The van der Waals surface area contributed by atoms with E-state index in [1.54, 1.807) is 0 Å². The first-order chi connectivity index (χ1) is 7.29. The molecule has 0 bridgehead atoms. The van der Waals surface area contributed by atoms with Crippen molar-refractivity contribution in [2.24, 2.45) is 0 Å². The molecule has 1 aromatic heterocycles. The third-order valence-corrected chi connectivity index (χ3v) is 2.81. The molecule has 0 atom stereocenters. The third kappa shape index (κ3) is 2.77. The molecule has 1 aromatic rings. The van der Waals surface area contributed by atoms with Crippen molar-refractivity contribution < 1.29 is 4.79 Å². The SMILES string of the molecule is Cc1[nH]ccc1C(=O)N1CCCNCC1.Cl. The molecule has 5 heteroatoms. The van der Waals surface area contributed by atoms with E-state index in [0.29, 0.717) is 0 Å². The monoisotopic (exact) mass is 243 g/mol. The van der Waals surface area contributed by atoms with Crippen LogP contribution in [0.3, 0.4) is 0 Å². The van der Waals surface area contributed by atoms with Crippen molar-refractivity contribution in [3.63, 3.8) is 0 Å². The van der Waals surface area contributed by atoms with Crippen LogP contribution in [0.4, 0.5) is 0 Å². The number of hydrogen-bond acceptors (Lipinski definition) is 2. The van der Waals surface area contributed by atoms with Crippen molar-refractivity contribution in [1.82, 2.24) is 15.2 Å². The number of rotatable bonds is 1. The van der Waals surface area contributed by atoms with Crippen LogP contribution in [0.1, 0.15) is 22.5 Å². The van der Waals surface area contributed by atoms with Crippen LogP contribution < -0.4 is 5.32 Å². The maximum Gasteiger partial charge on any atom is 0.255 e. The number of carbonyl (C=O) groups is 1. The molecule has 16 heavy (non-hydrogen) atoms. The van der Waals surface area contributed by atoms with Crippen molar-refractivity contribution >= 4 is 18.3 Å². The summed E-state index contributed by atoms with van der Waals surface area (Å²) >= 11 is 0. The van der Waals surface area contributed by atoms with Gasteiger partial charge in [0, 0.05) is 31.5 Å². The molecule has 1 fully saturated rings. The number of amides is 1. The number of carbonyl (C=O) groups excluding carboxylic acids is 1. The van der Waals surface area contributed by atoms with Crippen LogP contribution in [0.25, 0.3) is 0 Å². The summed E-state index contributed by atoms with van der Waals surface area (Å²) in [5.74, 6) is 0.150. The minimum atomic E-state index is 0. The molecule has 1 amide bonds. The molecular weight excluding hydrogens is 226 g/mol. The van der Waals surface area contributed by atoms with Gasteiger partial charge in [-0.05, 0) is 26.0 Å². The van der Waals surface area contributed by atoms with Gasteiger partial charge in [-0.15, -0.1) is 12.4 Å². The molecule has 0 saturated carbocycles. The molecule has 1 aliphatic rings. The lowest BCUT2D eigenvalue weighted by atomic mass is 10.2. The van der Waals surface area contributed by atoms with Crippen molar-refractivity contribution in [2.75, 3.05) is 26.2 Å². The van der Waals surface area contributed by atoms with Crippen molar-refractivity contribution in [3.05, 3.63) is 23.5 Å². The minimum Gasteiger partial charge on any atom is -0.365 e. The Hall–Kier alpha value is -1.00. The second-order valence-electron chi connectivity index (χ2n) is 3.91. The maximum absolute atomic E-state index is 12.1. The van der Waals surface area contributed by atoms with Crippen LogP contribution in [0.2, 0.25) is 0 Å². The van der Waals surface area contributed by atoms with Gasteiger partial charge in [-0.25, -0.2) is 0 Å². The fourth-order valence-corrected chi connectivity index (χ4v) is 1.90. The van der Waals surface area contributed by atoms with Gasteiger partial charge in [0.2, 0.25) is 0 Å². The lowest BCUT2D eigenvalue weighted by molar-refractivity contribution is 0.0766. The Balaban J connectivity index is 0.00000128. The predicted molar refractivity (Wildman–Crippen MR) is 66.2 cm³/mol. The van der Waals surface area contributed by atoms with Crippen LogP contribution in [0.15, 0.2) is 12.3 Å². The molecule has 1 saturated heterocycles. The summed E-state index contributed by atoms with van der Waals surface area (Å²) in [5, 5.41) is 3.29. The van der Waals surface area contributed by atoms with Crippen LogP contribution in [0, 0.1) is 6.92 Å². The molecule has 2 N–H and O–H groups in total. The second kappa shape index (κ2) is 5.92. The van der Waals surface area contributed by atoms with Crippen LogP contribution >= 0.6 is 12.4 Å². The Bertz CT molecular complexity index is 343. The Labute approximate surface area is 102 Å². The third-order valence-electron chi connectivity index (χ3n) is 2.81. The first kappa shape index (κ1) is 13.1. The Morgan fingerprint density at radius 2 is 2.19 bits per heavy atom. The zero-order valence-corrected chi connectivity index (χ0v) is 10.3. The summed E-state index contributed by atoms with van der Waals surface area (Å²) in [6.45, 7) is 5.51. The van der Waals surface area contributed by atoms with Gasteiger partial charge in [0.25, 0.3) is 5.91 Å². The van der Waals surface area contributed by atoms with Gasteiger partial charge < -0.3 is 15.2 Å². The largest absolute Gasteiger partial charge is 0.365 e. The van der Waals surface area contributed by atoms with E-state index in [1.807, 2.05) is 24.1 Å². The summed E-state index contributed by atoms with van der Waals surface area (Å²) < 4.78 is 0. The summed E-state index contributed by atoms with van der Waals surface area (Å²) in [5.41, 5.74) is 1.76. The molecule has 0 radical (unpaired) electrons. The molecule has 1 aliphatic heterocycles. The van der Waals surface area contributed by atoms with E-state index >= 15 is 0 Å². The first-order valence-electron chi connectivity index (χ1n) is 5.43.